The average Bonchev–Trinajstić information content (AvgIpc) is 2.48. The Hall–Kier alpha value is -1.93. The summed E-state index contributed by atoms with van der Waals surface area (Å²) in [6.07, 6.45) is 1.28. The lowest BCUT2D eigenvalue weighted by molar-refractivity contribution is 0.0237. The summed E-state index contributed by atoms with van der Waals surface area (Å²) in [7, 11) is 0. The smallest absolute Gasteiger partial charge is 0.165 e. The van der Waals surface area contributed by atoms with Crippen LogP contribution in [0.15, 0.2) is 48.5 Å². The molecule has 0 aliphatic carbocycles. The van der Waals surface area contributed by atoms with Crippen LogP contribution >= 0.6 is 0 Å². The van der Waals surface area contributed by atoms with Gasteiger partial charge in [0.05, 0.1) is 12.7 Å². The maximum Gasteiger partial charge on any atom is 0.165 e. The predicted molar refractivity (Wildman–Crippen MR) is 78.8 cm³/mol. The zero-order chi connectivity index (χ0) is 13.9. The molecule has 0 N–H and O–H groups in total. The molecule has 0 saturated heterocycles. The zero-order valence-corrected chi connectivity index (χ0v) is 11.6. The van der Waals surface area contributed by atoms with E-state index >= 15 is 0 Å². The van der Waals surface area contributed by atoms with E-state index < -0.39 is 0 Å². The van der Waals surface area contributed by atoms with E-state index in [-0.39, 0.29) is 11.9 Å². The minimum atomic E-state index is -0.00120. The van der Waals surface area contributed by atoms with Gasteiger partial charge in [-0.15, -0.1) is 0 Å². The Morgan fingerprint density at radius 2 is 1.80 bits per heavy atom. The Labute approximate surface area is 119 Å². The first-order valence-electron chi connectivity index (χ1n) is 7.00. The topological polar surface area (TPSA) is 26.3 Å². The molecular formula is C18H18O2. The van der Waals surface area contributed by atoms with Crippen LogP contribution in [0.25, 0.3) is 0 Å². The Kier molecular flexibility index (Phi) is 3.66. The van der Waals surface area contributed by atoms with Gasteiger partial charge in [-0.2, -0.15) is 0 Å². The van der Waals surface area contributed by atoms with Crippen molar-refractivity contribution in [1.29, 1.82) is 0 Å². The number of benzene rings is 2. The maximum absolute atomic E-state index is 12.3. The highest BCUT2D eigenvalue weighted by molar-refractivity contribution is 5.96. The second-order valence-corrected chi connectivity index (χ2v) is 5.40. The second-order valence-electron chi connectivity index (χ2n) is 5.40. The molecule has 20 heavy (non-hydrogen) atoms. The van der Waals surface area contributed by atoms with Gasteiger partial charge in [0.25, 0.3) is 0 Å². The van der Waals surface area contributed by atoms with Crippen LogP contribution in [-0.4, -0.2) is 11.9 Å². The standard InChI is InChI=1S/C18H18O2/c1-13-6-8-14(9-7-13)18(19)11-17-10-15-4-2-3-5-16(15)12-20-17/h2-9,17H,10-12H2,1H3/t17-/m0/s1. The van der Waals surface area contributed by atoms with E-state index in [1.165, 1.54) is 16.7 Å². The summed E-state index contributed by atoms with van der Waals surface area (Å²) in [5, 5.41) is 0. The quantitative estimate of drug-likeness (QED) is 0.792. The van der Waals surface area contributed by atoms with Crippen molar-refractivity contribution in [3.8, 4) is 0 Å². The fourth-order valence-electron chi connectivity index (χ4n) is 2.60. The van der Waals surface area contributed by atoms with Gasteiger partial charge in [-0.1, -0.05) is 54.1 Å². The lowest BCUT2D eigenvalue weighted by Crippen LogP contribution is -2.25. The lowest BCUT2D eigenvalue weighted by Gasteiger charge is -2.24. The van der Waals surface area contributed by atoms with Crippen molar-refractivity contribution in [1.82, 2.24) is 0 Å². The van der Waals surface area contributed by atoms with E-state index in [4.69, 9.17) is 4.74 Å². The number of carbonyl (C=O) groups is 1. The summed E-state index contributed by atoms with van der Waals surface area (Å²) >= 11 is 0. The summed E-state index contributed by atoms with van der Waals surface area (Å²) in [4.78, 5) is 12.3. The minimum Gasteiger partial charge on any atom is -0.373 e. The number of fused-ring (bicyclic) bond motifs is 1. The first kappa shape index (κ1) is 13.1. The molecule has 0 fully saturated rings. The third-order valence-electron chi connectivity index (χ3n) is 3.83. The average molecular weight is 266 g/mol. The van der Waals surface area contributed by atoms with E-state index in [2.05, 4.69) is 12.1 Å². The van der Waals surface area contributed by atoms with Crippen molar-refractivity contribution in [3.05, 3.63) is 70.8 Å². The van der Waals surface area contributed by atoms with Gasteiger partial charge in [0.15, 0.2) is 5.78 Å². The molecule has 0 bridgehead atoms. The van der Waals surface area contributed by atoms with Crippen LogP contribution in [0.5, 0.6) is 0 Å². The van der Waals surface area contributed by atoms with Crippen LogP contribution < -0.4 is 0 Å². The molecule has 1 heterocycles. The van der Waals surface area contributed by atoms with Crippen LogP contribution in [0.1, 0.15) is 33.5 Å². The van der Waals surface area contributed by atoms with Crippen molar-refractivity contribution >= 4 is 5.78 Å². The molecule has 0 radical (unpaired) electrons. The van der Waals surface area contributed by atoms with E-state index in [0.29, 0.717) is 13.0 Å². The zero-order valence-electron chi connectivity index (χ0n) is 11.6. The molecule has 1 aliphatic rings. The van der Waals surface area contributed by atoms with E-state index in [1.807, 2.05) is 43.3 Å². The number of ether oxygens (including phenoxy) is 1. The summed E-state index contributed by atoms with van der Waals surface area (Å²) < 4.78 is 5.80. The van der Waals surface area contributed by atoms with Crippen molar-refractivity contribution in [2.24, 2.45) is 0 Å². The van der Waals surface area contributed by atoms with Crippen molar-refractivity contribution in [2.45, 2.75) is 32.5 Å². The van der Waals surface area contributed by atoms with Gasteiger partial charge < -0.3 is 4.74 Å². The Balaban J connectivity index is 1.67. The van der Waals surface area contributed by atoms with E-state index in [1.54, 1.807) is 0 Å². The molecule has 3 rings (SSSR count). The van der Waals surface area contributed by atoms with Crippen molar-refractivity contribution in [3.63, 3.8) is 0 Å². The maximum atomic E-state index is 12.3. The largest absolute Gasteiger partial charge is 0.373 e. The third kappa shape index (κ3) is 2.81. The molecule has 1 aliphatic heterocycles. The molecule has 0 saturated carbocycles. The van der Waals surface area contributed by atoms with E-state index in [0.717, 1.165) is 12.0 Å². The van der Waals surface area contributed by atoms with Gasteiger partial charge in [0.2, 0.25) is 0 Å². The minimum absolute atomic E-state index is 0.00120. The summed E-state index contributed by atoms with van der Waals surface area (Å²) in [5.41, 5.74) is 4.49. The summed E-state index contributed by atoms with van der Waals surface area (Å²) in [6.45, 7) is 2.64. The first-order valence-corrected chi connectivity index (χ1v) is 7.00. The third-order valence-corrected chi connectivity index (χ3v) is 3.83. The van der Waals surface area contributed by atoms with Crippen LogP contribution in [0, 0.1) is 6.92 Å². The number of carbonyl (C=O) groups excluding carboxylic acids is 1. The SMILES string of the molecule is Cc1ccc(C(=O)C[C@@H]2Cc3ccccc3CO2)cc1. The highest BCUT2D eigenvalue weighted by Crippen LogP contribution is 2.23. The Morgan fingerprint density at radius 1 is 1.10 bits per heavy atom. The highest BCUT2D eigenvalue weighted by atomic mass is 16.5. The molecule has 0 unspecified atom stereocenters. The number of hydrogen-bond donors (Lipinski definition) is 0. The van der Waals surface area contributed by atoms with Gasteiger partial charge in [-0.05, 0) is 24.5 Å². The van der Waals surface area contributed by atoms with Crippen LogP contribution in [0.4, 0.5) is 0 Å². The van der Waals surface area contributed by atoms with E-state index in [9.17, 15) is 4.79 Å². The Bertz CT molecular complexity index is 614. The number of hydrogen-bond acceptors (Lipinski definition) is 2. The number of rotatable bonds is 3. The Morgan fingerprint density at radius 3 is 2.55 bits per heavy atom. The second kappa shape index (κ2) is 5.59. The molecular weight excluding hydrogens is 248 g/mol. The van der Waals surface area contributed by atoms with Crippen LogP contribution in [0.2, 0.25) is 0 Å². The van der Waals surface area contributed by atoms with Gasteiger partial charge in [-0.3, -0.25) is 4.79 Å². The van der Waals surface area contributed by atoms with Crippen LogP contribution in [0.3, 0.4) is 0 Å². The van der Waals surface area contributed by atoms with Gasteiger partial charge in [0.1, 0.15) is 0 Å². The molecule has 2 nitrogen and oxygen atoms in total. The molecule has 1 atom stereocenters. The molecule has 102 valence electrons. The molecule has 0 amide bonds. The summed E-state index contributed by atoms with van der Waals surface area (Å²) in [5.74, 6) is 0.161. The fraction of sp³-hybridized carbons (Fsp3) is 0.278. The molecule has 2 aromatic rings. The van der Waals surface area contributed by atoms with Crippen molar-refractivity contribution in [2.75, 3.05) is 0 Å². The summed E-state index contributed by atoms with van der Waals surface area (Å²) in [6, 6.07) is 16.0. The monoisotopic (exact) mass is 266 g/mol. The normalized spacial score (nSPS) is 17.6. The van der Waals surface area contributed by atoms with Gasteiger partial charge >= 0.3 is 0 Å². The number of aryl methyl sites for hydroxylation is 1. The van der Waals surface area contributed by atoms with Gasteiger partial charge in [0, 0.05) is 12.0 Å². The molecule has 0 aromatic heterocycles. The first-order chi connectivity index (χ1) is 9.72. The number of ketones is 1. The number of Topliss-reactive ketones (excluding diaryl/α,β-unsaturated/α-hetero) is 1. The highest BCUT2D eigenvalue weighted by Gasteiger charge is 2.21. The predicted octanol–water partition coefficient (Wildman–Crippen LogP) is 3.71. The molecule has 2 aromatic carbocycles. The fourth-order valence-corrected chi connectivity index (χ4v) is 2.60. The van der Waals surface area contributed by atoms with Gasteiger partial charge in [-0.25, -0.2) is 0 Å². The lowest BCUT2D eigenvalue weighted by atomic mass is 9.95. The van der Waals surface area contributed by atoms with Crippen molar-refractivity contribution < 1.29 is 9.53 Å². The van der Waals surface area contributed by atoms with Crippen LogP contribution in [-0.2, 0) is 17.8 Å². The molecule has 2 heteroatoms. The molecule has 0 spiro atoms.